The summed E-state index contributed by atoms with van der Waals surface area (Å²) in [5.74, 6) is -0.717. The van der Waals surface area contributed by atoms with E-state index in [-0.39, 0.29) is 24.2 Å². The maximum atomic E-state index is 12.0. The first-order chi connectivity index (χ1) is 8.93. The number of pyridine rings is 1. The Kier molecular flexibility index (Phi) is 3.28. The van der Waals surface area contributed by atoms with Crippen molar-refractivity contribution in [2.24, 2.45) is 4.99 Å². The van der Waals surface area contributed by atoms with Crippen LogP contribution in [0.15, 0.2) is 15.9 Å². The first kappa shape index (κ1) is 13.5. The van der Waals surface area contributed by atoms with Gasteiger partial charge >= 0.3 is 5.97 Å². The molecule has 6 heteroatoms. The number of nitrogens with one attached hydrogen (secondary N) is 1. The molecule has 102 valence electrons. The van der Waals surface area contributed by atoms with E-state index in [1.54, 1.807) is 27.0 Å². The van der Waals surface area contributed by atoms with E-state index in [2.05, 4.69) is 9.98 Å². The molecule has 6 nitrogen and oxygen atoms in total. The van der Waals surface area contributed by atoms with Crippen LogP contribution in [0.3, 0.4) is 0 Å². The summed E-state index contributed by atoms with van der Waals surface area (Å²) >= 11 is 0. The number of esters is 1. The van der Waals surface area contributed by atoms with Crippen LogP contribution < -0.4 is 5.56 Å². The standard InChI is InChI=1S/C13H16N2O4/c1-4-13(18)9-5-10(7(2)14-3)15-11(16)8(9)6-19-12(13)17/h5,18H,4,6H2,1-3H3,(H,15,16)/t13-/m0/s1. The normalized spacial score (nSPS) is 22.9. The first-order valence-electron chi connectivity index (χ1n) is 6.04. The molecule has 0 aromatic carbocycles. The fourth-order valence-corrected chi connectivity index (χ4v) is 2.12. The van der Waals surface area contributed by atoms with Crippen molar-refractivity contribution in [1.82, 2.24) is 4.98 Å². The van der Waals surface area contributed by atoms with Crippen molar-refractivity contribution in [3.05, 3.63) is 33.2 Å². The molecular formula is C13H16N2O4. The number of aliphatic hydroxyl groups is 1. The smallest absolute Gasteiger partial charge is 0.343 e. The van der Waals surface area contributed by atoms with Crippen molar-refractivity contribution in [2.45, 2.75) is 32.5 Å². The molecule has 0 aliphatic carbocycles. The number of carbonyl (C=O) groups excluding carboxylic acids is 1. The molecule has 2 N–H and O–H groups in total. The average Bonchev–Trinajstić information content (AvgIpc) is 2.42. The molecule has 1 aliphatic rings. The van der Waals surface area contributed by atoms with Gasteiger partial charge in [-0.3, -0.25) is 9.79 Å². The third-order valence-corrected chi connectivity index (χ3v) is 3.50. The number of hydrogen-bond donors (Lipinski definition) is 2. The maximum absolute atomic E-state index is 12.0. The van der Waals surface area contributed by atoms with Crippen LogP contribution in [0, 0.1) is 0 Å². The summed E-state index contributed by atoms with van der Waals surface area (Å²) in [6, 6.07) is 1.60. The highest BCUT2D eigenvalue weighted by atomic mass is 16.6. The molecule has 0 radical (unpaired) electrons. The molecule has 0 fully saturated rings. The molecule has 1 aliphatic heterocycles. The van der Waals surface area contributed by atoms with Gasteiger partial charge in [-0.1, -0.05) is 6.92 Å². The molecule has 1 atom stereocenters. The van der Waals surface area contributed by atoms with Gasteiger partial charge in [-0.15, -0.1) is 0 Å². The summed E-state index contributed by atoms with van der Waals surface area (Å²) < 4.78 is 4.88. The lowest BCUT2D eigenvalue weighted by Crippen LogP contribution is -2.43. The summed E-state index contributed by atoms with van der Waals surface area (Å²) in [6.07, 6.45) is 0.143. The zero-order chi connectivity index (χ0) is 14.2. The lowest BCUT2D eigenvalue weighted by Gasteiger charge is -2.31. The summed E-state index contributed by atoms with van der Waals surface area (Å²) in [6.45, 7) is 3.29. The summed E-state index contributed by atoms with van der Waals surface area (Å²) in [7, 11) is 1.60. The molecule has 0 spiro atoms. The SMILES string of the molecule is CC[C@@]1(O)C(=O)OCc2c1cc(C(C)=NC)[nH]c2=O. The number of aromatic nitrogens is 1. The number of nitrogens with zero attached hydrogens (tertiary/aromatic N) is 1. The molecule has 2 heterocycles. The van der Waals surface area contributed by atoms with Gasteiger partial charge in [-0.05, 0) is 19.4 Å². The lowest BCUT2D eigenvalue weighted by atomic mass is 9.86. The molecule has 1 aromatic heterocycles. The second-order valence-corrected chi connectivity index (χ2v) is 4.50. The average molecular weight is 264 g/mol. The van der Waals surface area contributed by atoms with E-state index in [1.165, 1.54) is 0 Å². The topological polar surface area (TPSA) is 91.8 Å². The number of H-pyrrole nitrogens is 1. The van der Waals surface area contributed by atoms with E-state index in [0.717, 1.165) is 0 Å². The van der Waals surface area contributed by atoms with E-state index in [0.29, 0.717) is 17.0 Å². The van der Waals surface area contributed by atoms with Crippen LogP contribution in [0.4, 0.5) is 0 Å². The van der Waals surface area contributed by atoms with Gasteiger partial charge in [-0.2, -0.15) is 0 Å². The zero-order valence-corrected chi connectivity index (χ0v) is 11.1. The Morgan fingerprint density at radius 2 is 2.26 bits per heavy atom. The van der Waals surface area contributed by atoms with E-state index in [9.17, 15) is 14.7 Å². The number of ether oxygens (including phenoxy) is 1. The second kappa shape index (κ2) is 4.62. The number of hydrogen-bond acceptors (Lipinski definition) is 5. The third-order valence-electron chi connectivity index (χ3n) is 3.50. The van der Waals surface area contributed by atoms with Gasteiger partial charge in [0.1, 0.15) is 6.61 Å². The molecule has 1 aromatic rings. The van der Waals surface area contributed by atoms with Gasteiger partial charge < -0.3 is 14.8 Å². The summed E-state index contributed by atoms with van der Waals surface area (Å²) in [5, 5.41) is 10.4. The van der Waals surface area contributed by atoms with Crippen LogP contribution in [-0.4, -0.2) is 28.8 Å². The minimum absolute atomic E-state index is 0.117. The van der Waals surface area contributed by atoms with Gasteiger partial charge in [0.05, 0.1) is 17.0 Å². The Labute approximate surface area is 110 Å². The Balaban J connectivity index is 2.73. The highest BCUT2D eigenvalue weighted by molar-refractivity contribution is 5.97. The second-order valence-electron chi connectivity index (χ2n) is 4.50. The van der Waals surface area contributed by atoms with Gasteiger partial charge in [0.2, 0.25) is 0 Å². The Morgan fingerprint density at radius 1 is 1.58 bits per heavy atom. The maximum Gasteiger partial charge on any atom is 0.343 e. The highest BCUT2D eigenvalue weighted by Gasteiger charge is 2.44. The van der Waals surface area contributed by atoms with Gasteiger partial charge in [0.25, 0.3) is 5.56 Å². The van der Waals surface area contributed by atoms with E-state index < -0.39 is 11.6 Å². The monoisotopic (exact) mass is 264 g/mol. The summed E-state index contributed by atoms with van der Waals surface area (Å²) in [5.41, 5.74) is -0.408. The van der Waals surface area contributed by atoms with E-state index >= 15 is 0 Å². The molecule has 0 amide bonds. The first-order valence-corrected chi connectivity index (χ1v) is 6.04. The lowest BCUT2D eigenvalue weighted by molar-refractivity contribution is -0.172. The third kappa shape index (κ3) is 1.98. The predicted octanol–water partition coefficient (Wildman–Crippen LogP) is 0.468. The Morgan fingerprint density at radius 3 is 2.84 bits per heavy atom. The number of carbonyl (C=O) groups is 1. The van der Waals surface area contributed by atoms with Crippen LogP contribution in [0.1, 0.15) is 37.1 Å². The van der Waals surface area contributed by atoms with Crippen LogP contribution in [0.2, 0.25) is 0 Å². The molecule has 0 saturated heterocycles. The fourth-order valence-electron chi connectivity index (χ4n) is 2.12. The quantitative estimate of drug-likeness (QED) is 0.600. The van der Waals surface area contributed by atoms with Crippen molar-refractivity contribution in [3.63, 3.8) is 0 Å². The molecular weight excluding hydrogens is 248 g/mol. The van der Waals surface area contributed by atoms with Gasteiger partial charge in [0.15, 0.2) is 5.60 Å². The zero-order valence-electron chi connectivity index (χ0n) is 11.1. The van der Waals surface area contributed by atoms with Crippen LogP contribution in [0.5, 0.6) is 0 Å². The number of aliphatic imine (C=N–C) groups is 1. The van der Waals surface area contributed by atoms with E-state index in [1.807, 2.05) is 0 Å². The van der Waals surface area contributed by atoms with E-state index in [4.69, 9.17) is 4.74 Å². The summed E-state index contributed by atoms with van der Waals surface area (Å²) in [4.78, 5) is 30.4. The molecule has 0 unspecified atom stereocenters. The molecule has 0 bridgehead atoms. The largest absolute Gasteiger partial charge is 0.458 e. The van der Waals surface area contributed by atoms with Crippen LogP contribution in [-0.2, 0) is 21.7 Å². The Hall–Kier alpha value is -1.95. The van der Waals surface area contributed by atoms with Crippen molar-refractivity contribution in [1.29, 1.82) is 0 Å². The minimum Gasteiger partial charge on any atom is -0.458 e. The fraction of sp³-hybridized carbons (Fsp3) is 0.462. The highest BCUT2D eigenvalue weighted by Crippen LogP contribution is 2.32. The van der Waals surface area contributed by atoms with Gasteiger partial charge in [0, 0.05) is 12.6 Å². The van der Waals surface area contributed by atoms with Crippen LogP contribution >= 0.6 is 0 Å². The predicted molar refractivity (Wildman–Crippen MR) is 69.2 cm³/mol. The number of rotatable bonds is 2. The van der Waals surface area contributed by atoms with Gasteiger partial charge in [-0.25, -0.2) is 4.79 Å². The minimum atomic E-state index is -1.76. The Bertz CT molecular complexity index is 618. The molecule has 19 heavy (non-hydrogen) atoms. The van der Waals surface area contributed by atoms with Crippen LogP contribution in [0.25, 0.3) is 0 Å². The number of aromatic amines is 1. The number of fused-ring (bicyclic) bond motifs is 1. The van der Waals surface area contributed by atoms with Crippen molar-refractivity contribution < 1.29 is 14.6 Å². The van der Waals surface area contributed by atoms with Crippen molar-refractivity contribution in [3.8, 4) is 0 Å². The van der Waals surface area contributed by atoms with Crippen molar-refractivity contribution >= 4 is 11.7 Å². The molecule has 0 saturated carbocycles. The number of cyclic esters (lactones) is 1. The molecule has 2 rings (SSSR count). The van der Waals surface area contributed by atoms with Crippen molar-refractivity contribution in [2.75, 3.05) is 7.05 Å².